The van der Waals surface area contributed by atoms with Crippen LogP contribution < -0.4 is 5.32 Å². The van der Waals surface area contributed by atoms with E-state index in [1.165, 1.54) is 5.56 Å². The summed E-state index contributed by atoms with van der Waals surface area (Å²) in [4.78, 5) is 4.78. The first-order valence-corrected chi connectivity index (χ1v) is 8.71. The van der Waals surface area contributed by atoms with Crippen molar-refractivity contribution in [1.82, 2.24) is 14.9 Å². The van der Waals surface area contributed by atoms with Crippen LogP contribution in [0.25, 0.3) is 11.0 Å². The molecular weight excluding hydrogens is 298 g/mol. The van der Waals surface area contributed by atoms with Gasteiger partial charge in [-0.15, -0.1) is 0 Å². The van der Waals surface area contributed by atoms with Gasteiger partial charge in [-0.25, -0.2) is 4.98 Å². The van der Waals surface area contributed by atoms with Crippen LogP contribution in [0.2, 0.25) is 0 Å². The number of hydrogen-bond acceptors (Lipinski definition) is 3. The summed E-state index contributed by atoms with van der Waals surface area (Å²) in [5.41, 5.74) is 3.26. The van der Waals surface area contributed by atoms with Crippen LogP contribution in [0, 0.1) is 5.92 Å². The number of imidazole rings is 1. The predicted molar refractivity (Wildman–Crippen MR) is 95.8 cm³/mol. The molecule has 124 valence electrons. The van der Waals surface area contributed by atoms with Gasteiger partial charge in [0.2, 0.25) is 0 Å². The topological polar surface area (TPSA) is 50.1 Å². The Kier molecular flexibility index (Phi) is 4.32. The molecule has 1 aromatic heterocycles. The number of rotatable bonds is 4. The fourth-order valence-corrected chi connectivity index (χ4v) is 3.62. The summed E-state index contributed by atoms with van der Waals surface area (Å²) in [5, 5.41) is 14.4. The predicted octanol–water partition coefficient (Wildman–Crippen LogP) is 3.12. The molecule has 0 radical (unpaired) electrons. The van der Waals surface area contributed by atoms with Gasteiger partial charge >= 0.3 is 0 Å². The minimum absolute atomic E-state index is 0.276. The van der Waals surface area contributed by atoms with Crippen LogP contribution in [0.4, 0.5) is 0 Å². The Labute approximate surface area is 142 Å². The molecule has 0 spiro atoms. The average Bonchev–Trinajstić information content (AvgIpc) is 3.01. The summed E-state index contributed by atoms with van der Waals surface area (Å²) in [6.07, 6.45) is 1.48. The van der Waals surface area contributed by atoms with Gasteiger partial charge in [-0.05, 0) is 49.5 Å². The molecule has 1 atom stereocenters. The fraction of sp³-hybridized carbons (Fsp3) is 0.350. The van der Waals surface area contributed by atoms with E-state index in [2.05, 4.69) is 40.2 Å². The van der Waals surface area contributed by atoms with E-state index in [1.54, 1.807) is 0 Å². The molecular formula is C20H23N3O. The zero-order chi connectivity index (χ0) is 16.4. The van der Waals surface area contributed by atoms with Gasteiger partial charge in [0.1, 0.15) is 11.9 Å². The van der Waals surface area contributed by atoms with Crippen molar-refractivity contribution in [3.05, 3.63) is 66.0 Å². The van der Waals surface area contributed by atoms with Crippen LogP contribution >= 0.6 is 0 Å². The first-order valence-electron chi connectivity index (χ1n) is 8.71. The highest BCUT2D eigenvalue weighted by atomic mass is 16.3. The first kappa shape index (κ1) is 15.4. The highest BCUT2D eigenvalue weighted by Gasteiger charge is 2.27. The third kappa shape index (κ3) is 2.95. The molecule has 1 aliphatic heterocycles. The van der Waals surface area contributed by atoms with Crippen molar-refractivity contribution in [3.63, 3.8) is 0 Å². The molecule has 4 heteroatoms. The van der Waals surface area contributed by atoms with Crippen LogP contribution in [0.5, 0.6) is 0 Å². The number of aliphatic hydroxyl groups is 1. The normalized spacial score (nSPS) is 17.2. The monoisotopic (exact) mass is 321 g/mol. The highest BCUT2D eigenvalue weighted by Crippen LogP contribution is 2.31. The molecule has 2 N–H and O–H groups in total. The molecule has 1 fully saturated rings. The lowest BCUT2D eigenvalue weighted by Gasteiger charge is -2.27. The molecule has 2 heterocycles. The van der Waals surface area contributed by atoms with E-state index in [-0.39, 0.29) is 5.92 Å². The Morgan fingerprint density at radius 2 is 1.75 bits per heavy atom. The molecule has 2 aromatic carbocycles. The van der Waals surface area contributed by atoms with Crippen molar-refractivity contribution < 1.29 is 5.11 Å². The lowest BCUT2D eigenvalue weighted by Crippen LogP contribution is -2.31. The number of nitrogens with zero attached hydrogens (tertiary/aromatic N) is 2. The third-order valence-corrected chi connectivity index (χ3v) is 4.96. The van der Waals surface area contributed by atoms with Gasteiger partial charge in [0.15, 0.2) is 0 Å². The Balaban J connectivity index is 1.74. The average molecular weight is 321 g/mol. The van der Waals surface area contributed by atoms with Gasteiger partial charge in [0.25, 0.3) is 0 Å². The second-order valence-electron chi connectivity index (χ2n) is 6.56. The van der Waals surface area contributed by atoms with E-state index in [9.17, 15) is 5.11 Å². The number of hydrogen-bond donors (Lipinski definition) is 2. The minimum Gasteiger partial charge on any atom is -0.385 e. The summed E-state index contributed by atoms with van der Waals surface area (Å²) >= 11 is 0. The van der Waals surface area contributed by atoms with Crippen molar-refractivity contribution >= 4 is 11.0 Å². The van der Waals surface area contributed by atoms with E-state index >= 15 is 0 Å². The van der Waals surface area contributed by atoms with Gasteiger partial charge in [-0.2, -0.15) is 0 Å². The number of nitrogens with one attached hydrogen (secondary N) is 1. The molecule has 4 rings (SSSR count). The fourth-order valence-electron chi connectivity index (χ4n) is 3.62. The van der Waals surface area contributed by atoms with Gasteiger partial charge in [-0.3, -0.25) is 0 Å². The van der Waals surface area contributed by atoms with Gasteiger partial charge < -0.3 is 15.0 Å². The zero-order valence-corrected chi connectivity index (χ0v) is 13.7. The van der Waals surface area contributed by atoms with Crippen molar-refractivity contribution in [1.29, 1.82) is 0 Å². The molecule has 4 nitrogen and oxygen atoms in total. The van der Waals surface area contributed by atoms with Crippen LogP contribution in [0.1, 0.15) is 30.3 Å². The van der Waals surface area contributed by atoms with Crippen LogP contribution in [0.15, 0.2) is 54.6 Å². The molecule has 0 aliphatic carbocycles. The maximum atomic E-state index is 11.0. The maximum Gasteiger partial charge on any atom is 0.139 e. The Hall–Kier alpha value is -2.17. The quantitative estimate of drug-likeness (QED) is 0.776. The molecule has 0 amide bonds. The molecule has 0 saturated carbocycles. The van der Waals surface area contributed by atoms with E-state index in [4.69, 9.17) is 4.98 Å². The Bertz CT molecular complexity index is 806. The molecule has 24 heavy (non-hydrogen) atoms. The van der Waals surface area contributed by atoms with Crippen molar-refractivity contribution in [2.75, 3.05) is 13.1 Å². The van der Waals surface area contributed by atoms with Crippen LogP contribution in [-0.2, 0) is 6.54 Å². The smallest absolute Gasteiger partial charge is 0.139 e. The number of aliphatic hydroxyl groups excluding tert-OH is 1. The molecule has 1 saturated heterocycles. The van der Waals surface area contributed by atoms with E-state index in [0.29, 0.717) is 0 Å². The van der Waals surface area contributed by atoms with E-state index in [0.717, 1.165) is 49.3 Å². The van der Waals surface area contributed by atoms with Crippen molar-refractivity contribution in [3.8, 4) is 0 Å². The highest BCUT2D eigenvalue weighted by molar-refractivity contribution is 5.76. The number of aromatic nitrogens is 2. The molecule has 1 unspecified atom stereocenters. The first-order chi connectivity index (χ1) is 11.8. The Morgan fingerprint density at radius 3 is 2.54 bits per heavy atom. The second-order valence-corrected chi connectivity index (χ2v) is 6.56. The summed E-state index contributed by atoms with van der Waals surface area (Å²) < 4.78 is 2.18. The van der Waals surface area contributed by atoms with Crippen molar-refractivity contribution in [2.45, 2.75) is 25.5 Å². The Morgan fingerprint density at radius 1 is 1.04 bits per heavy atom. The zero-order valence-electron chi connectivity index (χ0n) is 13.7. The summed E-state index contributed by atoms with van der Waals surface area (Å²) in [6, 6.07) is 18.5. The summed E-state index contributed by atoms with van der Waals surface area (Å²) in [6.45, 7) is 2.68. The molecule has 3 aromatic rings. The van der Waals surface area contributed by atoms with E-state index in [1.807, 2.05) is 24.3 Å². The lowest BCUT2D eigenvalue weighted by molar-refractivity contribution is 0.0786. The van der Waals surface area contributed by atoms with Crippen LogP contribution in [-0.4, -0.2) is 27.7 Å². The third-order valence-electron chi connectivity index (χ3n) is 4.96. The number of para-hydroxylation sites is 2. The van der Waals surface area contributed by atoms with Crippen LogP contribution in [0.3, 0.4) is 0 Å². The maximum absolute atomic E-state index is 11.0. The SMILES string of the molecule is OC(c1nc2ccccc2n1Cc1ccccc1)C1CCNCC1. The minimum atomic E-state index is -0.511. The largest absolute Gasteiger partial charge is 0.385 e. The summed E-state index contributed by atoms with van der Waals surface area (Å²) in [5.74, 6) is 1.07. The van der Waals surface area contributed by atoms with Crippen molar-refractivity contribution in [2.24, 2.45) is 5.92 Å². The number of piperidine rings is 1. The number of fused-ring (bicyclic) bond motifs is 1. The molecule has 0 bridgehead atoms. The second kappa shape index (κ2) is 6.75. The lowest BCUT2D eigenvalue weighted by atomic mass is 9.91. The van der Waals surface area contributed by atoms with Gasteiger partial charge in [-0.1, -0.05) is 42.5 Å². The molecule has 1 aliphatic rings. The standard InChI is InChI=1S/C20H23N3O/c24-19(16-10-12-21-13-11-16)20-22-17-8-4-5-9-18(17)23(20)14-15-6-2-1-3-7-15/h1-9,16,19,21,24H,10-14H2. The van der Waals surface area contributed by atoms with E-state index < -0.39 is 6.10 Å². The number of benzene rings is 2. The van der Waals surface area contributed by atoms with Gasteiger partial charge in [0, 0.05) is 6.54 Å². The van der Waals surface area contributed by atoms with Gasteiger partial charge in [0.05, 0.1) is 11.0 Å². The summed E-state index contributed by atoms with van der Waals surface area (Å²) in [7, 11) is 0.